The molecule has 0 rings (SSSR count). The second-order valence-electron chi connectivity index (χ2n) is 4.36. The van der Waals surface area contributed by atoms with Crippen LogP contribution in [0, 0.1) is 11.8 Å². The van der Waals surface area contributed by atoms with E-state index in [-0.39, 0.29) is 5.25 Å². The molecule has 0 saturated carbocycles. The van der Waals surface area contributed by atoms with Crippen molar-refractivity contribution in [2.24, 2.45) is 11.8 Å². The Morgan fingerprint density at radius 1 is 1.14 bits per heavy atom. The monoisotopic (exact) mass is 284 g/mol. The van der Waals surface area contributed by atoms with E-state index in [1.165, 1.54) is 0 Å². The van der Waals surface area contributed by atoms with Crippen molar-refractivity contribution in [2.45, 2.75) is 39.4 Å². The van der Waals surface area contributed by atoms with Gasteiger partial charge in [0.25, 0.3) is 0 Å². The zero-order valence-corrected chi connectivity index (χ0v) is 11.9. The molecule has 1 atom stereocenters. The SMILES string of the molecule is CC(C)C(CBr)CCS(=O)(=O)C(C)C. The van der Waals surface area contributed by atoms with Crippen LogP contribution in [0.25, 0.3) is 0 Å². The first-order valence-corrected chi connectivity index (χ1v) is 7.92. The fourth-order valence-electron chi connectivity index (χ4n) is 1.14. The number of alkyl halides is 1. The maximum atomic E-state index is 11.6. The molecular formula is C10H21BrO2S. The highest BCUT2D eigenvalue weighted by molar-refractivity contribution is 9.09. The average Bonchev–Trinajstić information content (AvgIpc) is 2.04. The Morgan fingerprint density at radius 3 is 1.93 bits per heavy atom. The van der Waals surface area contributed by atoms with Gasteiger partial charge in [0.2, 0.25) is 0 Å². The minimum absolute atomic E-state index is 0.245. The van der Waals surface area contributed by atoms with Crippen LogP contribution in [0.15, 0.2) is 0 Å². The van der Waals surface area contributed by atoms with Crippen LogP contribution in [0.2, 0.25) is 0 Å². The van der Waals surface area contributed by atoms with Gasteiger partial charge in [-0.1, -0.05) is 29.8 Å². The lowest BCUT2D eigenvalue weighted by Crippen LogP contribution is -2.22. The summed E-state index contributed by atoms with van der Waals surface area (Å²) in [6.07, 6.45) is 0.767. The number of hydrogen-bond donors (Lipinski definition) is 0. The van der Waals surface area contributed by atoms with Gasteiger partial charge in [0.15, 0.2) is 9.84 Å². The standard InChI is InChI=1S/C10H21BrO2S/c1-8(2)10(7-11)5-6-14(12,13)9(3)4/h8-10H,5-7H2,1-4H3. The van der Waals surface area contributed by atoms with Crippen molar-refractivity contribution in [1.82, 2.24) is 0 Å². The smallest absolute Gasteiger partial charge is 0.152 e. The minimum Gasteiger partial charge on any atom is -0.229 e. The molecule has 0 heterocycles. The maximum absolute atomic E-state index is 11.6. The summed E-state index contributed by atoms with van der Waals surface area (Å²) in [5.41, 5.74) is 0. The summed E-state index contributed by atoms with van der Waals surface area (Å²) in [6.45, 7) is 7.75. The summed E-state index contributed by atoms with van der Waals surface area (Å²) in [5.74, 6) is 1.32. The molecule has 86 valence electrons. The Morgan fingerprint density at radius 2 is 1.64 bits per heavy atom. The molecule has 1 unspecified atom stereocenters. The van der Waals surface area contributed by atoms with Gasteiger partial charge in [-0.05, 0) is 32.1 Å². The first kappa shape index (κ1) is 14.4. The summed E-state index contributed by atoms with van der Waals surface area (Å²) < 4.78 is 23.1. The van der Waals surface area contributed by atoms with Crippen LogP contribution in [0.5, 0.6) is 0 Å². The number of rotatable bonds is 6. The maximum Gasteiger partial charge on any atom is 0.152 e. The summed E-state index contributed by atoms with van der Waals surface area (Å²) >= 11 is 3.43. The molecule has 0 amide bonds. The topological polar surface area (TPSA) is 34.1 Å². The molecule has 0 spiro atoms. The largest absolute Gasteiger partial charge is 0.229 e. The molecule has 0 bridgehead atoms. The van der Waals surface area contributed by atoms with Crippen molar-refractivity contribution in [3.63, 3.8) is 0 Å². The van der Waals surface area contributed by atoms with E-state index in [2.05, 4.69) is 29.8 Å². The lowest BCUT2D eigenvalue weighted by Gasteiger charge is -2.18. The molecule has 2 nitrogen and oxygen atoms in total. The molecule has 4 heteroatoms. The highest BCUT2D eigenvalue weighted by Gasteiger charge is 2.19. The molecule has 0 aliphatic rings. The number of sulfone groups is 1. The molecule has 0 radical (unpaired) electrons. The van der Waals surface area contributed by atoms with Gasteiger partial charge in [0.05, 0.1) is 11.0 Å². The van der Waals surface area contributed by atoms with E-state index in [1.807, 2.05) is 0 Å². The Labute approximate surface area is 96.5 Å². The minimum atomic E-state index is -2.86. The van der Waals surface area contributed by atoms with E-state index in [0.717, 1.165) is 11.8 Å². The van der Waals surface area contributed by atoms with Crippen molar-refractivity contribution in [3.8, 4) is 0 Å². The van der Waals surface area contributed by atoms with Crippen molar-refractivity contribution in [3.05, 3.63) is 0 Å². The fourth-order valence-corrected chi connectivity index (χ4v) is 3.31. The molecular weight excluding hydrogens is 264 g/mol. The molecule has 0 saturated heterocycles. The van der Waals surface area contributed by atoms with E-state index >= 15 is 0 Å². The van der Waals surface area contributed by atoms with Gasteiger partial charge in [0.1, 0.15) is 0 Å². The van der Waals surface area contributed by atoms with Crippen molar-refractivity contribution < 1.29 is 8.42 Å². The molecule has 0 aromatic heterocycles. The second-order valence-corrected chi connectivity index (χ2v) is 7.69. The van der Waals surface area contributed by atoms with Crippen LogP contribution in [0.4, 0.5) is 0 Å². The summed E-state index contributed by atoms with van der Waals surface area (Å²) in [6, 6.07) is 0. The zero-order chi connectivity index (χ0) is 11.4. The van der Waals surface area contributed by atoms with E-state index in [4.69, 9.17) is 0 Å². The quantitative estimate of drug-likeness (QED) is 0.703. The predicted octanol–water partition coefficient (Wildman–Crippen LogP) is 2.87. The lowest BCUT2D eigenvalue weighted by molar-refractivity contribution is 0.416. The Bertz CT molecular complexity index is 245. The molecule has 0 aromatic carbocycles. The highest BCUT2D eigenvalue weighted by atomic mass is 79.9. The lowest BCUT2D eigenvalue weighted by atomic mass is 9.96. The predicted molar refractivity (Wildman–Crippen MR) is 65.7 cm³/mol. The molecule has 0 aliphatic heterocycles. The van der Waals surface area contributed by atoms with Crippen molar-refractivity contribution >= 4 is 25.8 Å². The van der Waals surface area contributed by atoms with Gasteiger partial charge >= 0.3 is 0 Å². The van der Waals surface area contributed by atoms with Crippen molar-refractivity contribution in [1.29, 1.82) is 0 Å². The van der Waals surface area contributed by atoms with Crippen LogP contribution in [-0.2, 0) is 9.84 Å². The van der Waals surface area contributed by atoms with Gasteiger partial charge in [-0.25, -0.2) is 8.42 Å². The Hall–Kier alpha value is 0.430. The van der Waals surface area contributed by atoms with Gasteiger partial charge in [0, 0.05) is 5.33 Å². The Balaban J connectivity index is 4.17. The number of hydrogen-bond acceptors (Lipinski definition) is 2. The van der Waals surface area contributed by atoms with Crippen LogP contribution < -0.4 is 0 Å². The molecule has 0 aliphatic carbocycles. The second kappa shape index (κ2) is 6.11. The fraction of sp³-hybridized carbons (Fsp3) is 1.00. The van der Waals surface area contributed by atoms with Gasteiger partial charge in [-0.3, -0.25) is 0 Å². The normalized spacial score (nSPS) is 15.1. The first-order valence-electron chi connectivity index (χ1n) is 5.08. The Kier molecular flexibility index (Phi) is 6.30. The average molecular weight is 285 g/mol. The molecule has 0 aromatic rings. The molecule has 14 heavy (non-hydrogen) atoms. The molecule has 0 fully saturated rings. The van der Waals surface area contributed by atoms with E-state index in [1.54, 1.807) is 13.8 Å². The number of halogens is 1. The van der Waals surface area contributed by atoms with Crippen LogP contribution in [0.1, 0.15) is 34.1 Å². The summed E-state index contributed by atoms with van der Waals surface area (Å²) in [7, 11) is -2.86. The zero-order valence-electron chi connectivity index (χ0n) is 9.46. The van der Waals surface area contributed by atoms with E-state index in [9.17, 15) is 8.42 Å². The summed E-state index contributed by atoms with van der Waals surface area (Å²) in [4.78, 5) is 0. The third-order valence-corrected chi connectivity index (χ3v) is 5.71. The highest BCUT2D eigenvalue weighted by Crippen LogP contribution is 2.19. The van der Waals surface area contributed by atoms with Crippen molar-refractivity contribution in [2.75, 3.05) is 11.1 Å². The van der Waals surface area contributed by atoms with E-state index < -0.39 is 9.84 Å². The van der Waals surface area contributed by atoms with E-state index in [0.29, 0.717) is 17.6 Å². The van der Waals surface area contributed by atoms with Crippen LogP contribution in [0.3, 0.4) is 0 Å². The van der Waals surface area contributed by atoms with Gasteiger partial charge < -0.3 is 0 Å². The van der Waals surface area contributed by atoms with Crippen LogP contribution >= 0.6 is 15.9 Å². The first-order chi connectivity index (χ1) is 6.31. The summed E-state index contributed by atoms with van der Waals surface area (Å²) in [5, 5.41) is 0.642. The third-order valence-electron chi connectivity index (χ3n) is 2.63. The molecule has 0 N–H and O–H groups in total. The van der Waals surface area contributed by atoms with Crippen LogP contribution in [-0.4, -0.2) is 24.8 Å². The van der Waals surface area contributed by atoms with Gasteiger partial charge in [-0.2, -0.15) is 0 Å². The third kappa shape index (κ3) is 4.78. The van der Waals surface area contributed by atoms with Gasteiger partial charge in [-0.15, -0.1) is 0 Å².